The summed E-state index contributed by atoms with van der Waals surface area (Å²) >= 11 is 1.85. The third-order valence-corrected chi connectivity index (χ3v) is 5.03. The molecule has 1 aliphatic carbocycles. The SMILES string of the molecule is CC.CC.CC.CC1=c2nc(-c3cc(C)cc(C)c3)sc2=C(C)CC1. The molecule has 1 heterocycles. The van der Waals surface area contributed by atoms with Crippen LogP contribution in [0.3, 0.4) is 0 Å². The first-order valence-electron chi connectivity index (χ1n) is 9.79. The molecule has 0 N–H and O–H groups in total. The van der Waals surface area contributed by atoms with E-state index in [1.54, 1.807) is 0 Å². The first-order chi connectivity index (χ1) is 12.0. The first-order valence-corrected chi connectivity index (χ1v) is 10.6. The summed E-state index contributed by atoms with van der Waals surface area (Å²) in [6.07, 6.45) is 2.35. The summed E-state index contributed by atoms with van der Waals surface area (Å²) in [6, 6.07) is 6.69. The normalized spacial score (nSPS) is 11.9. The van der Waals surface area contributed by atoms with Crippen molar-refractivity contribution in [2.24, 2.45) is 0 Å². The van der Waals surface area contributed by atoms with Gasteiger partial charge in [-0.05, 0) is 58.2 Å². The maximum Gasteiger partial charge on any atom is 0.124 e. The molecule has 0 unspecified atom stereocenters. The summed E-state index contributed by atoms with van der Waals surface area (Å²) in [6.45, 7) is 20.8. The van der Waals surface area contributed by atoms with Gasteiger partial charge < -0.3 is 0 Å². The second kappa shape index (κ2) is 12.0. The van der Waals surface area contributed by atoms with Crippen molar-refractivity contribution < 1.29 is 0 Å². The van der Waals surface area contributed by atoms with Crippen molar-refractivity contribution in [1.29, 1.82) is 0 Å². The van der Waals surface area contributed by atoms with Crippen LogP contribution in [0, 0.1) is 13.8 Å². The minimum absolute atomic E-state index is 1.16. The van der Waals surface area contributed by atoms with Gasteiger partial charge in [0.2, 0.25) is 0 Å². The molecule has 0 saturated carbocycles. The average Bonchev–Trinajstić information content (AvgIpc) is 3.10. The maximum absolute atomic E-state index is 4.90. The molecule has 140 valence electrons. The monoisotopic (exact) mass is 359 g/mol. The highest BCUT2D eigenvalue weighted by atomic mass is 32.1. The highest BCUT2D eigenvalue weighted by molar-refractivity contribution is 7.13. The minimum Gasteiger partial charge on any atom is -0.236 e. The van der Waals surface area contributed by atoms with E-state index in [1.807, 2.05) is 52.9 Å². The molecular weight excluding hydrogens is 322 g/mol. The van der Waals surface area contributed by atoms with Gasteiger partial charge in [0.1, 0.15) is 5.01 Å². The van der Waals surface area contributed by atoms with Gasteiger partial charge in [0.25, 0.3) is 0 Å². The van der Waals surface area contributed by atoms with E-state index in [2.05, 4.69) is 45.9 Å². The Labute approximate surface area is 159 Å². The van der Waals surface area contributed by atoms with Crippen molar-refractivity contribution in [2.45, 2.75) is 82.1 Å². The van der Waals surface area contributed by atoms with Crippen LogP contribution in [-0.2, 0) is 0 Å². The number of rotatable bonds is 1. The fourth-order valence-electron chi connectivity index (χ4n) is 2.73. The molecule has 0 bridgehead atoms. The van der Waals surface area contributed by atoms with Crippen molar-refractivity contribution >= 4 is 22.5 Å². The molecule has 3 rings (SSSR count). The lowest BCUT2D eigenvalue weighted by molar-refractivity contribution is 1.01. The van der Waals surface area contributed by atoms with Crippen molar-refractivity contribution in [3.8, 4) is 10.6 Å². The molecule has 0 saturated heterocycles. The lowest BCUT2D eigenvalue weighted by Crippen LogP contribution is -2.28. The predicted octanol–water partition coefficient (Wildman–Crippen LogP) is 6.64. The molecule has 1 aromatic heterocycles. The number of aryl methyl sites for hydroxylation is 2. The molecule has 1 aromatic carbocycles. The van der Waals surface area contributed by atoms with Gasteiger partial charge in [-0.3, -0.25) is 0 Å². The van der Waals surface area contributed by atoms with Crippen LogP contribution in [0.4, 0.5) is 0 Å². The average molecular weight is 360 g/mol. The summed E-state index contributed by atoms with van der Waals surface area (Å²) in [4.78, 5) is 4.90. The van der Waals surface area contributed by atoms with E-state index < -0.39 is 0 Å². The van der Waals surface area contributed by atoms with Gasteiger partial charge in [0, 0.05) is 5.56 Å². The molecule has 0 spiro atoms. The van der Waals surface area contributed by atoms with E-state index in [-0.39, 0.29) is 0 Å². The Morgan fingerprint density at radius 2 is 1.20 bits per heavy atom. The topological polar surface area (TPSA) is 12.9 Å². The van der Waals surface area contributed by atoms with Gasteiger partial charge in [0.15, 0.2) is 0 Å². The van der Waals surface area contributed by atoms with E-state index in [0.29, 0.717) is 0 Å². The quantitative estimate of drug-likeness (QED) is 0.556. The Bertz CT molecular complexity index is 706. The molecule has 2 heteroatoms. The van der Waals surface area contributed by atoms with Crippen molar-refractivity contribution in [3.05, 3.63) is 39.2 Å². The van der Waals surface area contributed by atoms with E-state index in [4.69, 9.17) is 4.98 Å². The predicted molar refractivity (Wildman–Crippen MR) is 118 cm³/mol. The molecule has 0 amide bonds. The molecule has 0 fully saturated rings. The maximum atomic E-state index is 4.90. The summed E-state index contributed by atoms with van der Waals surface area (Å²) in [5.74, 6) is 0. The molecule has 1 aliphatic rings. The Hall–Kier alpha value is -1.41. The fourth-order valence-corrected chi connectivity index (χ4v) is 3.89. The van der Waals surface area contributed by atoms with Gasteiger partial charge in [-0.15, -0.1) is 11.3 Å². The smallest absolute Gasteiger partial charge is 0.124 e. The van der Waals surface area contributed by atoms with E-state index >= 15 is 0 Å². The third kappa shape index (κ3) is 6.11. The summed E-state index contributed by atoms with van der Waals surface area (Å²) in [5.41, 5.74) is 6.81. The minimum atomic E-state index is 1.16. The molecule has 0 aliphatic heterocycles. The zero-order valence-corrected chi connectivity index (χ0v) is 18.8. The lowest BCUT2D eigenvalue weighted by Gasteiger charge is -2.05. The van der Waals surface area contributed by atoms with Crippen LogP contribution in [-0.4, -0.2) is 4.98 Å². The van der Waals surface area contributed by atoms with Crippen LogP contribution < -0.4 is 9.88 Å². The number of benzene rings is 1. The second-order valence-corrected chi connectivity index (χ2v) is 6.63. The molecule has 0 radical (unpaired) electrons. The Balaban J connectivity index is 0.000000871. The van der Waals surface area contributed by atoms with Crippen LogP contribution in [0.2, 0.25) is 0 Å². The first kappa shape index (κ1) is 23.6. The number of nitrogens with zero attached hydrogens (tertiary/aromatic N) is 1. The van der Waals surface area contributed by atoms with Crippen molar-refractivity contribution in [1.82, 2.24) is 4.98 Å². The van der Waals surface area contributed by atoms with E-state index in [9.17, 15) is 0 Å². The second-order valence-electron chi connectivity index (χ2n) is 5.63. The third-order valence-electron chi connectivity index (χ3n) is 3.76. The van der Waals surface area contributed by atoms with Crippen LogP contribution in [0.5, 0.6) is 0 Å². The number of aromatic nitrogens is 1. The highest BCUT2D eigenvalue weighted by Crippen LogP contribution is 2.23. The molecule has 1 nitrogen and oxygen atoms in total. The van der Waals surface area contributed by atoms with E-state index in [1.165, 1.54) is 44.1 Å². The highest BCUT2D eigenvalue weighted by Gasteiger charge is 2.11. The van der Waals surface area contributed by atoms with Crippen molar-refractivity contribution in [3.63, 3.8) is 0 Å². The molecule has 25 heavy (non-hydrogen) atoms. The van der Waals surface area contributed by atoms with Gasteiger partial charge in [-0.1, -0.05) is 64.3 Å². The summed E-state index contributed by atoms with van der Waals surface area (Å²) < 4.78 is 1.40. The lowest BCUT2D eigenvalue weighted by atomic mass is 10.0. The van der Waals surface area contributed by atoms with Crippen LogP contribution in [0.1, 0.15) is 79.4 Å². The largest absolute Gasteiger partial charge is 0.236 e. The zero-order chi connectivity index (χ0) is 19.6. The van der Waals surface area contributed by atoms with Crippen LogP contribution in [0.25, 0.3) is 21.7 Å². The number of fused-ring (bicyclic) bond motifs is 1. The molecule has 0 atom stereocenters. The summed E-state index contributed by atoms with van der Waals surface area (Å²) in [5, 5.41) is 2.40. The van der Waals surface area contributed by atoms with Gasteiger partial charge in [-0.25, -0.2) is 4.98 Å². The number of hydrogen-bond donors (Lipinski definition) is 0. The van der Waals surface area contributed by atoms with Crippen LogP contribution in [0.15, 0.2) is 18.2 Å². The van der Waals surface area contributed by atoms with Crippen LogP contribution >= 0.6 is 11.3 Å². The number of hydrogen-bond acceptors (Lipinski definition) is 2. The van der Waals surface area contributed by atoms with Gasteiger partial charge >= 0.3 is 0 Å². The Morgan fingerprint density at radius 1 is 0.720 bits per heavy atom. The standard InChI is InChI=1S/C17H19NS.3C2H6/c1-10-7-11(2)9-14(8-10)17-18-15-12(3)5-6-13(4)16(15)19-17;3*1-2/h7-9H,5-6H2,1-4H3;3*1-2H3. The fraction of sp³-hybridized carbons (Fsp3) is 0.522. The van der Waals surface area contributed by atoms with Gasteiger partial charge in [-0.2, -0.15) is 0 Å². The Morgan fingerprint density at radius 3 is 1.68 bits per heavy atom. The molecular formula is C23H37NS. The number of thiazole rings is 1. The zero-order valence-electron chi connectivity index (χ0n) is 18.0. The van der Waals surface area contributed by atoms with Gasteiger partial charge in [0.05, 0.1) is 9.88 Å². The summed E-state index contributed by atoms with van der Waals surface area (Å²) in [7, 11) is 0. The van der Waals surface area contributed by atoms with E-state index in [0.717, 1.165) is 11.4 Å². The Kier molecular flexibility index (Phi) is 11.3. The molecule has 2 aromatic rings. The van der Waals surface area contributed by atoms with Crippen molar-refractivity contribution in [2.75, 3.05) is 0 Å².